The van der Waals surface area contributed by atoms with Crippen molar-refractivity contribution in [1.82, 2.24) is 0 Å². The van der Waals surface area contributed by atoms with Crippen LogP contribution >= 0.6 is 7.82 Å². The van der Waals surface area contributed by atoms with Crippen LogP contribution in [0, 0.1) is 0 Å². The van der Waals surface area contributed by atoms with Gasteiger partial charge in [0.15, 0.2) is 6.10 Å². The zero-order chi connectivity index (χ0) is 36.1. The highest BCUT2D eigenvalue weighted by Crippen LogP contribution is 2.43. The number of rotatable bonds is 37. The third kappa shape index (κ3) is 36.1. The first-order valence-electron chi connectivity index (χ1n) is 19.8. The Labute approximate surface area is 300 Å². The molecular weight excluding hydrogens is 641 g/mol. The Bertz CT molecular complexity index is 866. The molecule has 3 N–H and O–H groups in total. The lowest BCUT2D eigenvalue weighted by Crippen LogP contribution is -2.29. The first kappa shape index (κ1) is 47.5. The molecule has 0 heterocycles. The molecule has 0 saturated heterocycles. The van der Waals surface area contributed by atoms with Gasteiger partial charge in [-0.05, 0) is 44.9 Å². The van der Waals surface area contributed by atoms with Gasteiger partial charge in [0.25, 0.3) is 0 Å². The van der Waals surface area contributed by atoms with E-state index in [1.54, 1.807) is 0 Å². The minimum Gasteiger partial charge on any atom is -0.462 e. The summed E-state index contributed by atoms with van der Waals surface area (Å²) in [5.41, 5.74) is 5.33. The molecule has 10 heteroatoms. The molecule has 2 atom stereocenters. The quantitative estimate of drug-likeness (QED) is 0.0279. The number of phosphoric ester groups is 1. The van der Waals surface area contributed by atoms with Crippen molar-refractivity contribution in [2.45, 2.75) is 187 Å². The summed E-state index contributed by atoms with van der Waals surface area (Å²) in [4.78, 5) is 34.7. The van der Waals surface area contributed by atoms with Gasteiger partial charge in [0, 0.05) is 19.4 Å². The van der Waals surface area contributed by atoms with E-state index in [0.717, 1.165) is 57.8 Å². The minimum atomic E-state index is -4.37. The molecule has 0 saturated carbocycles. The van der Waals surface area contributed by atoms with Crippen LogP contribution in [0.5, 0.6) is 0 Å². The van der Waals surface area contributed by atoms with E-state index in [1.165, 1.54) is 89.9 Å². The zero-order valence-electron chi connectivity index (χ0n) is 31.4. The number of ether oxygens (including phenoxy) is 2. The summed E-state index contributed by atoms with van der Waals surface area (Å²) in [6.45, 7) is 3.69. The first-order valence-corrected chi connectivity index (χ1v) is 21.3. The Morgan fingerprint density at radius 3 is 1.59 bits per heavy atom. The predicted octanol–water partition coefficient (Wildman–Crippen LogP) is 10.8. The van der Waals surface area contributed by atoms with Crippen molar-refractivity contribution in [1.29, 1.82) is 0 Å². The average Bonchev–Trinajstić information content (AvgIpc) is 3.08. The lowest BCUT2D eigenvalue weighted by molar-refractivity contribution is -0.161. The zero-order valence-corrected chi connectivity index (χ0v) is 32.3. The van der Waals surface area contributed by atoms with E-state index in [1.807, 2.05) is 0 Å². The minimum absolute atomic E-state index is 0.0528. The maximum absolute atomic E-state index is 12.5. The number of esters is 2. The second kappa shape index (κ2) is 36.3. The lowest BCUT2D eigenvalue weighted by atomic mass is 10.0. The van der Waals surface area contributed by atoms with Crippen molar-refractivity contribution in [3.63, 3.8) is 0 Å². The number of hydrogen-bond acceptors (Lipinski definition) is 8. The van der Waals surface area contributed by atoms with E-state index < -0.39 is 32.5 Å². The Balaban J connectivity index is 4.21. The maximum atomic E-state index is 12.5. The average molecular weight is 716 g/mol. The van der Waals surface area contributed by atoms with Crippen molar-refractivity contribution in [2.75, 3.05) is 26.4 Å². The second-order valence-corrected chi connectivity index (χ2v) is 14.6. The molecular formula is C39H74NO8P. The molecule has 0 bridgehead atoms. The summed E-state index contributed by atoms with van der Waals surface area (Å²) in [6, 6.07) is 0. The molecule has 0 aromatic rings. The van der Waals surface area contributed by atoms with Crippen LogP contribution in [0.15, 0.2) is 24.3 Å². The molecule has 288 valence electrons. The largest absolute Gasteiger partial charge is 0.472 e. The van der Waals surface area contributed by atoms with Crippen molar-refractivity contribution < 1.29 is 37.6 Å². The maximum Gasteiger partial charge on any atom is 0.472 e. The fraction of sp³-hybridized carbons (Fsp3) is 0.846. The standard InChI is InChI=1S/C39H74NO8P/c1-3-5-7-9-11-13-15-17-18-20-21-23-25-27-29-31-38(41)45-35-37(36-47-49(43,44)46-34-33-40)48-39(42)32-30-28-26-24-22-19-16-14-12-10-8-6-4-2/h11,13,17-18,37H,3-10,12,14-16,19-36,40H2,1-2H3,(H,43,44). The molecule has 0 aliphatic heterocycles. The molecule has 0 radical (unpaired) electrons. The third-order valence-electron chi connectivity index (χ3n) is 8.34. The van der Waals surface area contributed by atoms with Crippen molar-refractivity contribution in [3.8, 4) is 0 Å². The summed E-state index contributed by atoms with van der Waals surface area (Å²) in [5, 5.41) is 0. The number of nitrogens with two attached hydrogens (primary N) is 1. The molecule has 0 fully saturated rings. The third-order valence-corrected chi connectivity index (χ3v) is 9.32. The monoisotopic (exact) mass is 716 g/mol. The Morgan fingerprint density at radius 2 is 1.06 bits per heavy atom. The van der Waals surface area contributed by atoms with E-state index in [-0.39, 0.29) is 32.6 Å². The van der Waals surface area contributed by atoms with E-state index in [0.29, 0.717) is 6.42 Å². The predicted molar refractivity (Wildman–Crippen MR) is 201 cm³/mol. The van der Waals surface area contributed by atoms with Crippen LogP contribution in [0.1, 0.15) is 181 Å². The Hall–Kier alpha value is -1.51. The van der Waals surface area contributed by atoms with E-state index in [9.17, 15) is 19.0 Å². The molecule has 49 heavy (non-hydrogen) atoms. The normalized spacial score (nSPS) is 13.6. The molecule has 0 aromatic carbocycles. The topological polar surface area (TPSA) is 134 Å². The van der Waals surface area contributed by atoms with Gasteiger partial charge in [-0.2, -0.15) is 0 Å². The molecule has 0 rings (SSSR count). The van der Waals surface area contributed by atoms with Crippen molar-refractivity contribution >= 4 is 19.8 Å². The van der Waals surface area contributed by atoms with Crippen LogP contribution in [0.3, 0.4) is 0 Å². The van der Waals surface area contributed by atoms with E-state index >= 15 is 0 Å². The van der Waals surface area contributed by atoms with Gasteiger partial charge in [-0.25, -0.2) is 4.57 Å². The number of carbonyl (C=O) groups excluding carboxylic acids is 2. The van der Waals surface area contributed by atoms with E-state index in [2.05, 4.69) is 38.2 Å². The Morgan fingerprint density at radius 1 is 0.612 bits per heavy atom. The first-order chi connectivity index (χ1) is 23.8. The van der Waals surface area contributed by atoms with Crippen LogP contribution in [-0.4, -0.2) is 49.3 Å². The molecule has 0 aliphatic rings. The second-order valence-electron chi connectivity index (χ2n) is 13.2. The van der Waals surface area contributed by atoms with Crippen LogP contribution < -0.4 is 5.73 Å². The van der Waals surface area contributed by atoms with Crippen LogP contribution in [0.4, 0.5) is 0 Å². The van der Waals surface area contributed by atoms with Gasteiger partial charge in [0.1, 0.15) is 6.61 Å². The van der Waals surface area contributed by atoms with Gasteiger partial charge in [-0.15, -0.1) is 0 Å². The molecule has 2 unspecified atom stereocenters. The lowest BCUT2D eigenvalue weighted by Gasteiger charge is -2.19. The number of allylic oxidation sites excluding steroid dienone is 4. The molecule has 0 aromatic heterocycles. The Kier molecular flexibility index (Phi) is 35.2. The SMILES string of the molecule is CCCCCC=CCC=CCCCCCCCC(=O)OCC(COP(=O)(O)OCCN)OC(=O)CCCCCCCCCCCCCCC. The molecule has 0 amide bonds. The van der Waals surface area contributed by atoms with Gasteiger partial charge >= 0.3 is 19.8 Å². The smallest absolute Gasteiger partial charge is 0.462 e. The van der Waals surface area contributed by atoms with Crippen LogP contribution in [0.25, 0.3) is 0 Å². The fourth-order valence-electron chi connectivity index (χ4n) is 5.37. The molecule has 0 aliphatic carbocycles. The number of unbranched alkanes of at least 4 members (excludes halogenated alkanes) is 20. The number of phosphoric acid groups is 1. The summed E-state index contributed by atoms with van der Waals surface area (Å²) < 4.78 is 32.7. The molecule has 0 spiro atoms. The van der Waals surface area contributed by atoms with Gasteiger partial charge in [0.05, 0.1) is 13.2 Å². The summed E-state index contributed by atoms with van der Waals surface area (Å²) in [5.74, 6) is -0.841. The molecule has 9 nitrogen and oxygen atoms in total. The number of hydrogen-bond donors (Lipinski definition) is 2. The number of carbonyl (C=O) groups is 2. The van der Waals surface area contributed by atoms with Crippen molar-refractivity contribution in [3.05, 3.63) is 24.3 Å². The highest BCUT2D eigenvalue weighted by molar-refractivity contribution is 7.47. The van der Waals surface area contributed by atoms with Crippen LogP contribution in [-0.2, 0) is 32.7 Å². The van der Waals surface area contributed by atoms with Crippen LogP contribution in [0.2, 0.25) is 0 Å². The van der Waals surface area contributed by atoms with Crippen molar-refractivity contribution in [2.24, 2.45) is 5.73 Å². The highest BCUT2D eigenvalue weighted by Gasteiger charge is 2.25. The van der Waals surface area contributed by atoms with E-state index in [4.69, 9.17) is 24.3 Å². The summed E-state index contributed by atoms with van der Waals surface area (Å²) in [7, 11) is -4.37. The fourth-order valence-corrected chi connectivity index (χ4v) is 6.13. The van der Waals surface area contributed by atoms with Gasteiger partial charge in [-0.3, -0.25) is 18.6 Å². The summed E-state index contributed by atoms with van der Waals surface area (Å²) >= 11 is 0. The van der Waals surface area contributed by atoms with Gasteiger partial charge in [0.2, 0.25) is 0 Å². The summed E-state index contributed by atoms with van der Waals surface area (Å²) in [6.07, 6.45) is 36.3. The highest BCUT2D eigenvalue weighted by atomic mass is 31.2. The van der Waals surface area contributed by atoms with Gasteiger partial charge < -0.3 is 20.1 Å². The van der Waals surface area contributed by atoms with Gasteiger partial charge in [-0.1, -0.05) is 147 Å².